The van der Waals surface area contributed by atoms with E-state index in [9.17, 15) is 4.79 Å². The van der Waals surface area contributed by atoms with E-state index in [-0.39, 0.29) is 5.97 Å². The fourth-order valence-corrected chi connectivity index (χ4v) is 3.21. The van der Waals surface area contributed by atoms with Gasteiger partial charge in [0.05, 0.1) is 12.3 Å². The van der Waals surface area contributed by atoms with Crippen LogP contribution in [-0.4, -0.2) is 40.5 Å². The minimum atomic E-state index is -0.306. The summed E-state index contributed by atoms with van der Waals surface area (Å²) in [6, 6.07) is 4.48. The van der Waals surface area contributed by atoms with Gasteiger partial charge in [-0.3, -0.25) is 9.30 Å². The molecule has 2 aromatic rings. The lowest BCUT2D eigenvalue weighted by molar-refractivity contribution is 0.0517. The molecule has 0 bridgehead atoms. The number of hydrogen-bond acceptors (Lipinski definition) is 4. The molecule has 0 aliphatic carbocycles. The van der Waals surface area contributed by atoms with E-state index in [1.54, 1.807) is 0 Å². The van der Waals surface area contributed by atoms with Crippen LogP contribution in [0.3, 0.4) is 0 Å². The van der Waals surface area contributed by atoms with Gasteiger partial charge >= 0.3 is 5.97 Å². The van der Waals surface area contributed by atoms with E-state index in [0.717, 1.165) is 24.3 Å². The molecule has 0 amide bonds. The zero-order valence-corrected chi connectivity index (χ0v) is 12.8. The number of ether oxygens (including phenoxy) is 1. The average molecular weight is 287 g/mol. The maximum Gasteiger partial charge on any atom is 0.357 e. The van der Waals surface area contributed by atoms with Crippen LogP contribution < -0.4 is 0 Å². The number of rotatable bonds is 3. The van der Waals surface area contributed by atoms with Crippen molar-refractivity contribution in [2.24, 2.45) is 0 Å². The molecule has 0 radical (unpaired) electrons. The predicted octanol–water partition coefficient (Wildman–Crippen LogP) is 2.59. The molecule has 0 saturated carbocycles. The lowest BCUT2D eigenvalue weighted by atomic mass is 10.1. The van der Waals surface area contributed by atoms with Crippen LogP contribution in [0.15, 0.2) is 18.3 Å². The SMILES string of the molecule is CCOC(=O)c1c(C)nc2c([C@H]3CCCN3C)cccn12. The third-order valence-electron chi connectivity index (χ3n) is 4.20. The number of carbonyl (C=O) groups is 1. The third-order valence-corrected chi connectivity index (χ3v) is 4.20. The van der Waals surface area contributed by atoms with Crippen molar-refractivity contribution in [2.75, 3.05) is 20.2 Å². The van der Waals surface area contributed by atoms with E-state index >= 15 is 0 Å². The molecule has 0 unspecified atom stereocenters. The van der Waals surface area contributed by atoms with Crippen molar-refractivity contribution in [3.8, 4) is 0 Å². The molecule has 5 heteroatoms. The molecule has 112 valence electrons. The van der Waals surface area contributed by atoms with Gasteiger partial charge in [0.2, 0.25) is 0 Å². The fourth-order valence-electron chi connectivity index (χ4n) is 3.21. The number of fused-ring (bicyclic) bond motifs is 1. The number of likely N-dealkylation sites (tertiary alicyclic amines) is 1. The van der Waals surface area contributed by atoms with E-state index in [2.05, 4.69) is 23.0 Å². The molecule has 0 aromatic carbocycles. The Hall–Kier alpha value is -1.88. The predicted molar refractivity (Wildman–Crippen MR) is 80.5 cm³/mol. The quantitative estimate of drug-likeness (QED) is 0.814. The second-order valence-corrected chi connectivity index (χ2v) is 5.56. The van der Waals surface area contributed by atoms with Gasteiger partial charge < -0.3 is 4.74 Å². The number of aryl methyl sites for hydroxylation is 1. The Balaban J connectivity index is 2.13. The van der Waals surface area contributed by atoms with Crippen LogP contribution >= 0.6 is 0 Å². The molecule has 1 aliphatic rings. The summed E-state index contributed by atoms with van der Waals surface area (Å²) in [6.07, 6.45) is 4.23. The van der Waals surface area contributed by atoms with Crippen molar-refractivity contribution in [2.45, 2.75) is 32.7 Å². The van der Waals surface area contributed by atoms with Crippen molar-refractivity contribution in [1.29, 1.82) is 0 Å². The van der Waals surface area contributed by atoms with E-state index in [1.165, 1.54) is 12.0 Å². The summed E-state index contributed by atoms with van der Waals surface area (Å²) in [5.74, 6) is -0.306. The van der Waals surface area contributed by atoms with E-state index < -0.39 is 0 Å². The molecule has 5 nitrogen and oxygen atoms in total. The van der Waals surface area contributed by atoms with Crippen molar-refractivity contribution < 1.29 is 9.53 Å². The molecule has 3 rings (SSSR count). The van der Waals surface area contributed by atoms with Crippen molar-refractivity contribution in [3.63, 3.8) is 0 Å². The van der Waals surface area contributed by atoms with Crippen LogP contribution in [0.2, 0.25) is 0 Å². The molecule has 1 fully saturated rings. The standard InChI is InChI=1S/C16H21N3O2/c1-4-21-16(20)14-11(2)17-15-12(7-5-10-19(14)15)13-8-6-9-18(13)3/h5,7,10,13H,4,6,8-9H2,1-3H3/t13-/m1/s1. The highest BCUT2D eigenvalue weighted by Gasteiger charge is 2.27. The summed E-state index contributed by atoms with van der Waals surface area (Å²) >= 11 is 0. The van der Waals surface area contributed by atoms with Crippen molar-refractivity contribution in [3.05, 3.63) is 35.3 Å². The molecule has 0 spiro atoms. The molecule has 1 aliphatic heterocycles. The van der Waals surface area contributed by atoms with Crippen LogP contribution in [0.25, 0.3) is 5.65 Å². The van der Waals surface area contributed by atoms with E-state index in [1.807, 2.05) is 30.5 Å². The molecular weight excluding hydrogens is 266 g/mol. The number of esters is 1. The number of nitrogens with zero attached hydrogens (tertiary/aromatic N) is 3. The largest absolute Gasteiger partial charge is 0.461 e. The van der Waals surface area contributed by atoms with Crippen LogP contribution in [0.1, 0.15) is 47.6 Å². The Morgan fingerprint density at radius 1 is 1.52 bits per heavy atom. The molecule has 1 atom stereocenters. The smallest absolute Gasteiger partial charge is 0.357 e. The van der Waals surface area contributed by atoms with Crippen LogP contribution in [0, 0.1) is 6.92 Å². The summed E-state index contributed by atoms with van der Waals surface area (Å²) < 4.78 is 7.02. The number of imidazole rings is 1. The van der Waals surface area contributed by atoms with Crippen molar-refractivity contribution in [1.82, 2.24) is 14.3 Å². The van der Waals surface area contributed by atoms with Crippen LogP contribution in [0.5, 0.6) is 0 Å². The number of aromatic nitrogens is 2. The molecule has 0 N–H and O–H groups in total. The minimum Gasteiger partial charge on any atom is -0.461 e. The van der Waals surface area contributed by atoms with Crippen LogP contribution in [0.4, 0.5) is 0 Å². The number of hydrogen-bond donors (Lipinski definition) is 0. The lowest BCUT2D eigenvalue weighted by Gasteiger charge is -2.20. The van der Waals surface area contributed by atoms with E-state index in [4.69, 9.17) is 4.74 Å². The first-order chi connectivity index (χ1) is 10.1. The van der Waals surface area contributed by atoms with Gasteiger partial charge in [-0.15, -0.1) is 0 Å². The maximum atomic E-state index is 12.1. The second kappa shape index (κ2) is 5.48. The summed E-state index contributed by atoms with van der Waals surface area (Å²) in [5.41, 5.74) is 3.32. The van der Waals surface area contributed by atoms with E-state index in [0.29, 0.717) is 18.3 Å². The Bertz CT molecular complexity index is 677. The maximum absolute atomic E-state index is 12.1. The lowest BCUT2D eigenvalue weighted by Crippen LogP contribution is -2.18. The summed E-state index contributed by atoms with van der Waals surface area (Å²) in [4.78, 5) is 19.1. The summed E-state index contributed by atoms with van der Waals surface area (Å²) in [5, 5.41) is 0. The fraction of sp³-hybridized carbons (Fsp3) is 0.500. The van der Waals surface area contributed by atoms with Gasteiger partial charge in [-0.1, -0.05) is 6.07 Å². The first-order valence-electron chi connectivity index (χ1n) is 7.48. The normalized spacial score (nSPS) is 19.3. The zero-order valence-electron chi connectivity index (χ0n) is 12.8. The second-order valence-electron chi connectivity index (χ2n) is 5.56. The third kappa shape index (κ3) is 2.31. The number of pyridine rings is 1. The van der Waals surface area contributed by atoms with Gasteiger partial charge in [0.25, 0.3) is 0 Å². The molecule has 2 aromatic heterocycles. The Morgan fingerprint density at radius 2 is 2.33 bits per heavy atom. The van der Waals surface area contributed by atoms with Gasteiger partial charge in [-0.2, -0.15) is 0 Å². The Morgan fingerprint density at radius 3 is 3.00 bits per heavy atom. The molecule has 3 heterocycles. The highest BCUT2D eigenvalue weighted by molar-refractivity contribution is 5.90. The highest BCUT2D eigenvalue weighted by atomic mass is 16.5. The van der Waals surface area contributed by atoms with Gasteiger partial charge in [-0.05, 0) is 46.3 Å². The monoisotopic (exact) mass is 287 g/mol. The minimum absolute atomic E-state index is 0.306. The highest BCUT2D eigenvalue weighted by Crippen LogP contribution is 2.33. The topological polar surface area (TPSA) is 46.8 Å². The van der Waals surface area contributed by atoms with Gasteiger partial charge in [-0.25, -0.2) is 9.78 Å². The van der Waals surface area contributed by atoms with Gasteiger partial charge in [0.1, 0.15) is 5.65 Å². The Kier molecular flexibility index (Phi) is 3.68. The first-order valence-corrected chi connectivity index (χ1v) is 7.48. The summed E-state index contributed by atoms with van der Waals surface area (Å²) in [7, 11) is 2.14. The Labute approximate surface area is 124 Å². The first kappa shape index (κ1) is 14.1. The molecular formula is C16H21N3O2. The number of carbonyl (C=O) groups excluding carboxylic acids is 1. The average Bonchev–Trinajstić information content (AvgIpc) is 3.01. The zero-order chi connectivity index (χ0) is 15.0. The van der Waals surface area contributed by atoms with Crippen LogP contribution in [-0.2, 0) is 4.74 Å². The summed E-state index contributed by atoms with van der Waals surface area (Å²) in [6.45, 7) is 5.16. The van der Waals surface area contributed by atoms with Gasteiger partial charge in [0, 0.05) is 17.8 Å². The molecule has 21 heavy (non-hydrogen) atoms. The van der Waals surface area contributed by atoms with Crippen molar-refractivity contribution >= 4 is 11.6 Å². The molecule has 1 saturated heterocycles. The van der Waals surface area contributed by atoms with Gasteiger partial charge in [0.15, 0.2) is 5.69 Å².